The molecule has 1 aromatic carbocycles. The largest absolute Gasteiger partial charge is 0.497 e. The van der Waals surface area contributed by atoms with Crippen molar-refractivity contribution in [1.82, 2.24) is 5.32 Å². The zero-order valence-electron chi connectivity index (χ0n) is 12.4. The maximum atomic E-state index is 5.30. The topological polar surface area (TPSA) is 33.3 Å². The van der Waals surface area contributed by atoms with E-state index >= 15 is 0 Å². The van der Waals surface area contributed by atoms with Crippen molar-refractivity contribution in [1.29, 1.82) is 0 Å². The zero-order valence-corrected chi connectivity index (χ0v) is 14.0. The van der Waals surface area contributed by atoms with Crippen LogP contribution in [0.5, 0.6) is 5.75 Å². The van der Waals surface area contributed by atoms with Crippen molar-refractivity contribution in [3.8, 4) is 5.75 Å². The third-order valence-electron chi connectivity index (χ3n) is 3.82. The minimum atomic E-state index is 0.449. The molecule has 20 heavy (non-hydrogen) atoms. The molecular weight excluding hydrogens is 316 g/mol. The van der Waals surface area contributed by atoms with Crippen LogP contribution in [0.2, 0.25) is 0 Å². The molecule has 2 unspecified atom stereocenters. The van der Waals surface area contributed by atoms with E-state index in [2.05, 4.69) is 39.6 Å². The summed E-state index contributed by atoms with van der Waals surface area (Å²) in [5.74, 6) is 0.877. The normalized spacial score (nSPS) is 21.1. The summed E-state index contributed by atoms with van der Waals surface area (Å²) < 4.78 is 6.34. The molecule has 1 aliphatic heterocycles. The van der Waals surface area contributed by atoms with E-state index in [4.69, 9.17) is 4.74 Å². The van der Waals surface area contributed by atoms with Gasteiger partial charge in [0.1, 0.15) is 5.75 Å². The van der Waals surface area contributed by atoms with Crippen LogP contribution in [0.4, 0.5) is 5.69 Å². The van der Waals surface area contributed by atoms with Gasteiger partial charge in [0.05, 0.1) is 7.11 Å². The fraction of sp³-hybridized carbons (Fsp3) is 0.625. The first kappa shape index (κ1) is 15.6. The van der Waals surface area contributed by atoms with Gasteiger partial charge in [0, 0.05) is 28.3 Å². The number of ether oxygens (including phenoxy) is 1. The Morgan fingerprint density at radius 2 is 2.20 bits per heavy atom. The number of hydrogen-bond donors (Lipinski definition) is 2. The van der Waals surface area contributed by atoms with Crippen molar-refractivity contribution in [3.05, 3.63) is 22.7 Å². The van der Waals surface area contributed by atoms with Gasteiger partial charge in [-0.25, -0.2) is 0 Å². The summed E-state index contributed by atoms with van der Waals surface area (Å²) in [6, 6.07) is 7.21. The van der Waals surface area contributed by atoms with Crippen LogP contribution in [0.15, 0.2) is 22.7 Å². The average Bonchev–Trinajstić information content (AvgIpc) is 2.66. The molecule has 0 radical (unpaired) electrons. The van der Waals surface area contributed by atoms with E-state index in [1.807, 2.05) is 12.1 Å². The summed E-state index contributed by atoms with van der Waals surface area (Å²) in [5.41, 5.74) is 1.11. The summed E-state index contributed by atoms with van der Waals surface area (Å²) in [6.07, 6.45) is 6.51. The van der Waals surface area contributed by atoms with Crippen molar-refractivity contribution < 1.29 is 4.74 Å². The predicted octanol–water partition coefficient (Wildman–Crippen LogP) is 4.18. The predicted molar refractivity (Wildman–Crippen MR) is 88.7 cm³/mol. The van der Waals surface area contributed by atoms with Crippen molar-refractivity contribution in [2.45, 2.75) is 51.1 Å². The third kappa shape index (κ3) is 4.98. The van der Waals surface area contributed by atoms with Crippen molar-refractivity contribution in [3.63, 3.8) is 0 Å². The molecule has 0 saturated carbocycles. The summed E-state index contributed by atoms with van der Waals surface area (Å²) >= 11 is 3.52. The first-order chi connectivity index (χ1) is 9.67. The number of anilines is 1. The smallest absolute Gasteiger partial charge is 0.122 e. The molecule has 2 N–H and O–H groups in total. The van der Waals surface area contributed by atoms with Gasteiger partial charge in [-0.05, 0) is 44.9 Å². The maximum absolute atomic E-state index is 5.30. The summed E-state index contributed by atoms with van der Waals surface area (Å²) in [7, 11) is 1.70. The quantitative estimate of drug-likeness (QED) is 0.843. The highest BCUT2D eigenvalue weighted by Crippen LogP contribution is 2.25. The molecule has 1 aromatic rings. The molecule has 0 aromatic heterocycles. The van der Waals surface area contributed by atoms with Gasteiger partial charge >= 0.3 is 0 Å². The molecule has 0 spiro atoms. The number of rotatable bonds is 5. The molecule has 1 fully saturated rings. The Bertz CT molecular complexity index is 417. The van der Waals surface area contributed by atoms with Gasteiger partial charge in [0.15, 0.2) is 0 Å². The monoisotopic (exact) mass is 340 g/mol. The fourth-order valence-corrected chi connectivity index (χ4v) is 3.31. The first-order valence-electron chi connectivity index (χ1n) is 7.52. The van der Waals surface area contributed by atoms with Gasteiger partial charge in [-0.3, -0.25) is 0 Å². The molecule has 2 atom stereocenters. The lowest BCUT2D eigenvalue weighted by molar-refractivity contribution is 0.414. The van der Waals surface area contributed by atoms with E-state index in [0.29, 0.717) is 12.1 Å². The fourth-order valence-electron chi connectivity index (χ4n) is 2.84. The van der Waals surface area contributed by atoms with Crippen molar-refractivity contribution in [2.24, 2.45) is 0 Å². The van der Waals surface area contributed by atoms with Crippen molar-refractivity contribution in [2.75, 3.05) is 19.0 Å². The Morgan fingerprint density at radius 1 is 1.35 bits per heavy atom. The summed E-state index contributed by atoms with van der Waals surface area (Å²) in [5, 5.41) is 7.23. The average molecular weight is 341 g/mol. The zero-order chi connectivity index (χ0) is 14.4. The second-order valence-corrected chi connectivity index (χ2v) is 6.58. The van der Waals surface area contributed by atoms with E-state index in [9.17, 15) is 0 Å². The standard InChI is InChI=1S/C16H25BrN2O/c1-12(8-14-6-4-3-5-7-18-14)19-15-9-13(17)10-16(11-15)20-2/h9-12,14,18-19H,3-8H2,1-2H3. The Kier molecular flexibility index (Phi) is 6.17. The highest BCUT2D eigenvalue weighted by molar-refractivity contribution is 9.10. The molecule has 2 rings (SSSR count). The van der Waals surface area contributed by atoms with Gasteiger partial charge < -0.3 is 15.4 Å². The van der Waals surface area contributed by atoms with Crippen LogP contribution in [0.25, 0.3) is 0 Å². The molecule has 0 aliphatic carbocycles. The van der Waals surface area contributed by atoms with Gasteiger partial charge in [-0.15, -0.1) is 0 Å². The molecule has 0 bridgehead atoms. The van der Waals surface area contributed by atoms with Crippen LogP contribution in [0, 0.1) is 0 Å². The number of nitrogens with one attached hydrogen (secondary N) is 2. The lowest BCUT2D eigenvalue weighted by Crippen LogP contribution is -2.33. The third-order valence-corrected chi connectivity index (χ3v) is 4.28. The number of halogens is 1. The minimum absolute atomic E-state index is 0.449. The Labute approximate surface area is 130 Å². The number of methoxy groups -OCH3 is 1. The van der Waals surface area contributed by atoms with Gasteiger partial charge in [-0.1, -0.05) is 28.8 Å². The first-order valence-corrected chi connectivity index (χ1v) is 8.31. The van der Waals surface area contributed by atoms with E-state index in [-0.39, 0.29) is 0 Å². The minimum Gasteiger partial charge on any atom is -0.497 e. The molecule has 4 heteroatoms. The van der Waals surface area contributed by atoms with E-state index in [0.717, 1.165) is 22.3 Å². The SMILES string of the molecule is COc1cc(Br)cc(NC(C)CC2CCCCCN2)c1. The van der Waals surface area contributed by atoms with Gasteiger partial charge in [0.2, 0.25) is 0 Å². The van der Waals surface area contributed by atoms with E-state index < -0.39 is 0 Å². The molecule has 3 nitrogen and oxygen atoms in total. The van der Waals surface area contributed by atoms with E-state index in [1.54, 1.807) is 7.11 Å². The van der Waals surface area contributed by atoms with Crippen LogP contribution < -0.4 is 15.4 Å². The second kappa shape index (κ2) is 7.89. The van der Waals surface area contributed by atoms with Gasteiger partial charge in [0.25, 0.3) is 0 Å². The Balaban J connectivity index is 1.89. The molecule has 1 heterocycles. The second-order valence-electron chi connectivity index (χ2n) is 5.66. The van der Waals surface area contributed by atoms with Gasteiger partial charge in [-0.2, -0.15) is 0 Å². The maximum Gasteiger partial charge on any atom is 0.122 e. The molecule has 112 valence electrons. The van der Waals surface area contributed by atoms with Crippen LogP contribution in [-0.2, 0) is 0 Å². The molecule has 1 saturated heterocycles. The van der Waals surface area contributed by atoms with Crippen LogP contribution in [-0.4, -0.2) is 25.7 Å². The summed E-state index contributed by atoms with van der Waals surface area (Å²) in [4.78, 5) is 0. The molecule has 1 aliphatic rings. The summed E-state index contributed by atoms with van der Waals surface area (Å²) in [6.45, 7) is 3.42. The molecular formula is C16H25BrN2O. The van der Waals surface area contributed by atoms with Crippen LogP contribution in [0.1, 0.15) is 39.0 Å². The lowest BCUT2D eigenvalue weighted by atomic mass is 10.0. The molecule has 0 amide bonds. The lowest BCUT2D eigenvalue weighted by Gasteiger charge is -2.22. The number of hydrogen-bond acceptors (Lipinski definition) is 3. The van der Waals surface area contributed by atoms with E-state index in [1.165, 1.54) is 32.2 Å². The highest BCUT2D eigenvalue weighted by Gasteiger charge is 2.15. The Morgan fingerprint density at radius 3 is 3.00 bits per heavy atom. The Hall–Kier alpha value is -0.740. The van der Waals surface area contributed by atoms with Crippen molar-refractivity contribution >= 4 is 21.6 Å². The highest BCUT2D eigenvalue weighted by atomic mass is 79.9. The number of benzene rings is 1. The van der Waals surface area contributed by atoms with Crippen LogP contribution in [0.3, 0.4) is 0 Å². The van der Waals surface area contributed by atoms with Crippen LogP contribution >= 0.6 is 15.9 Å².